The zero-order valence-electron chi connectivity index (χ0n) is 6.36. The second-order valence-electron chi connectivity index (χ2n) is 1.36. The molecule has 4 radical (unpaired) electrons. The van der Waals surface area contributed by atoms with Crippen molar-refractivity contribution in [1.82, 2.24) is 0 Å². The van der Waals surface area contributed by atoms with Crippen LogP contribution in [0.2, 0.25) is 0 Å². The minimum absolute atomic E-state index is 0. The van der Waals surface area contributed by atoms with E-state index < -0.39 is 10.1 Å². The van der Waals surface area contributed by atoms with Gasteiger partial charge in [-0.15, -0.1) is 0 Å². The number of aliphatic hydroxyl groups is 1. The van der Waals surface area contributed by atoms with Crippen LogP contribution in [0.15, 0.2) is 0 Å². The van der Waals surface area contributed by atoms with Crippen LogP contribution < -0.4 is 0 Å². The minimum atomic E-state index is -3.85. The fraction of sp³-hybridized carbons (Fsp3) is 1.00. The largest absolute Gasteiger partial charge is 3.00 e. The van der Waals surface area contributed by atoms with Crippen LogP contribution in [-0.4, -0.2) is 154 Å². The first-order chi connectivity index (χ1) is 3.56. The Kier molecular flexibility index (Phi) is 58.9. The van der Waals surface area contributed by atoms with Crippen LogP contribution >= 0.6 is 0 Å². The molecule has 0 spiro atoms. The van der Waals surface area contributed by atoms with Crippen LogP contribution in [0, 0.1) is 0 Å². The summed E-state index contributed by atoms with van der Waals surface area (Å²) < 4.78 is 27.7. The molecule has 0 rings (SSSR count). The Morgan fingerprint density at radius 3 is 1.38 bits per heavy atom. The van der Waals surface area contributed by atoms with E-state index in [4.69, 9.17) is 9.66 Å². The van der Waals surface area contributed by atoms with E-state index in [2.05, 4.69) is 0 Å². The zero-order valence-corrected chi connectivity index (χ0v) is 21.1. The molecule has 0 aliphatic heterocycles. The van der Waals surface area contributed by atoms with Gasteiger partial charge in [0, 0.05) is 6.61 Å². The Labute approximate surface area is 167 Å². The molecule has 0 fully saturated rings. The third kappa shape index (κ3) is 38.7. The molecule has 10 heteroatoms. The summed E-state index contributed by atoms with van der Waals surface area (Å²) in [6.45, 7) is -0.209. The van der Waals surface area contributed by atoms with E-state index in [1.165, 1.54) is 0 Å². The number of hydrogen-bond acceptors (Lipinski definition) is 3. The monoisotopic (exact) mass is 948 g/mol. The molecule has 0 saturated heterocycles. The van der Waals surface area contributed by atoms with Gasteiger partial charge in [0.1, 0.15) is 0 Å². The van der Waals surface area contributed by atoms with Crippen LogP contribution in [0.4, 0.5) is 0 Å². The average molecular weight is 941 g/mol. The first kappa shape index (κ1) is 36.0. The molecular formula is C3H8Bi2O4STe3. The molecule has 0 aromatic heterocycles. The average Bonchev–Trinajstić information content (AvgIpc) is 1.59. The van der Waals surface area contributed by atoms with E-state index in [1.54, 1.807) is 0 Å². The van der Waals surface area contributed by atoms with E-state index in [1.807, 2.05) is 0 Å². The molecule has 0 heterocycles. The summed E-state index contributed by atoms with van der Waals surface area (Å²) in [7, 11) is -3.85. The summed E-state index contributed by atoms with van der Waals surface area (Å²) >= 11 is 0. The Balaban J connectivity index is -0.0000000245. The van der Waals surface area contributed by atoms with Gasteiger partial charge in [-0.25, -0.2) is 0 Å². The van der Waals surface area contributed by atoms with Crippen molar-refractivity contribution in [2.24, 2.45) is 0 Å². The zero-order chi connectivity index (χ0) is 6.62. The smallest absolute Gasteiger partial charge is 2.00 e. The molecule has 13 heavy (non-hydrogen) atoms. The number of aliphatic hydroxyl groups excluding tert-OH is 1. The fourth-order valence-electron chi connectivity index (χ4n) is 0.247. The van der Waals surface area contributed by atoms with Crippen LogP contribution in [0.3, 0.4) is 0 Å². The van der Waals surface area contributed by atoms with Crippen LogP contribution in [0.1, 0.15) is 6.42 Å². The predicted octanol–water partition coefficient (Wildman–Crippen LogP) is -2.65. The molecular weight excluding hydrogens is 933 g/mol. The topological polar surface area (TPSA) is 74.6 Å². The van der Waals surface area contributed by atoms with Gasteiger partial charge in [0.2, 0.25) is 0 Å². The molecule has 0 aliphatic carbocycles. The molecule has 0 aliphatic rings. The van der Waals surface area contributed by atoms with Gasteiger partial charge in [-0.05, 0) is 6.42 Å². The van der Waals surface area contributed by atoms with Gasteiger partial charge < -0.3 is 76.1 Å². The minimum Gasteiger partial charge on any atom is -2.00 e. The second kappa shape index (κ2) is 21.3. The summed E-state index contributed by atoms with van der Waals surface area (Å²) in [6.07, 6.45) is 0.0961. The van der Waals surface area contributed by atoms with Gasteiger partial charge in [-0.1, -0.05) is 0 Å². The van der Waals surface area contributed by atoms with Crippen molar-refractivity contribution in [3.05, 3.63) is 0 Å². The Morgan fingerprint density at radius 2 is 1.31 bits per heavy atom. The van der Waals surface area contributed by atoms with Gasteiger partial charge in [-0.3, -0.25) is 4.55 Å². The Morgan fingerprint density at radius 1 is 1.00 bits per heavy atom. The maximum absolute atomic E-state index is 9.83. The van der Waals surface area contributed by atoms with Gasteiger partial charge >= 0.3 is 52.4 Å². The number of hydrogen-bond donors (Lipinski definition) is 2. The molecule has 0 saturated carbocycles. The quantitative estimate of drug-likeness (QED) is 0.240. The molecule has 0 amide bonds. The maximum atomic E-state index is 9.83. The SMILES string of the molecule is O=S(=O)(O)CCCO.[Bi+3].[Bi+3].[Te-2].[Te-2].[Te-2]. The first-order valence-corrected chi connectivity index (χ1v) is 3.73. The molecule has 0 atom stereocenters. The van der Waals surface area contributed by atoms with Crippen molar-refractivity contribution in [2.45, 2.75) is 6.42 Å². The predicted molar refractivity (Wildman–Crippen MR) is 56.9 cm³/mol. The summed E-state index contributed by atoms with van der Waals surface area (Å²) in [5, 5.41) is 8.05. The van der Waals surface area contributed by atoms with E-state index in [9.17, 15) is 8.42 Å². The van der Waals surface area contributed by atoms with Crippen LogP contribution in [0.5, 0.6) is 0 Å². The van der Waals surface area contributed by atoms with Crippen LogP contribution in [0.25, 0.3) is 0 Å². The molecule has 0 bridgehead atoms. The molecule has 2 N–H and O–H groups in total. The Hall–Kier alpha value is 4.01. The summed E-state index contributed by atoms with van der Waals surface area (Å²) in [5.74, 6) is -0.358. The Bertz CT molecular complexity index is 153. The molecule has 0 aromatic rings. The summed E-state index contributed by atoms with van der Waals surface area (Å²) in [6, 6.07) is 0. The van der Waals surface area contributed by atoms with Crippen molar-refractivity contribution in [2.75, 3.05) is 12.4 Å². The van der Waals surface area contributed by atoms with Gasteiger partial charge in [0.25, 0.3) is 10.1 Å². The summed E-state index contributed by atoms with van der Waals surface area (Å²) in [5.41, 5.74) is 0. The van der Waals surface area contributed by atoms with E-state index in [0.29, 0.717) is 0 Å². The standard InChI is InChI=1S/C3H8O4S.2Bi.3Te/c4-2-1-3-8(5,6)7;;;;;/h4H,1-3H2,(H,5,6,7);;;;;/q;2*+3;3*-2. The molecule has 0 unspecified atom stereocenters. The second-order valence-corrected chi connectivity index (χ2v) is 2.94. The summed E-state index contributed by atoms with van der Waals surface area (Å²) in [4.78, 5) is 0. The van der Waals surface area contributed by atoms with Crippen molar-refractivity contribution in [3.8, 4) is 0 Å². The van der Waals surface area contributed by atoms with Crippen molar-refractivity contribution >= 4 is 134 Å². The van der Waals surface area contributed by atoms with Crippen molar-refractivity contribution in [3.63, 3.8) is 0 Å². The first-order valence-electron chi connectivity index (χ1n) is 2.12. The number of rotatable bonds is 3. The van der Waals surface area contributed by atoms with Crippen molar-refractivity contribution in [1.29, 1.82) is 0 Å². The third-order valence-electron chi connectivity index (χ3n) is 0.560. The van der Waals surface area contributed by atoms with E-state index in [-0.39, 0.29) is 142 Å². The third-order valence-corrected chi connectivity index (χ3v) is 1.36. The van der Waals surface area contributed by atoms with Gasteiger partial charge in [-0.2, -0.15) is 8.42 Å². The van der Waals surface area contributed by atoms with E-state index >= 15 is 0 Å². The fourth-order valence-corrected chi connectivity index (χ4v) is 0.741. The van der Waals surface area contributed by atoms with E-state index in [0.717, 1.165) is 0 Å². The molecule has 4 nitrogen and oxygen atoms in total. The maximum Gasteiger partial charge on any atom is 3.00 e. The molecule has 0 aromatic carbocycles. The molecule has 78 valence electrons. The van der Waals surface area contributed by atoms with Gasteiger partial charge in [0.05, 0.1) is 5.75 Å². The van der Waals surface area contributed by atoms with Gasteiger partial charge in [0.15, 0.2) is 0 Å². The van der Waals surface area contributed by atoms with Crippen molar-refractivity contribution < 1.29 is 18.1 Å². The van der Waals surface area contributed by atoms with Crippen LogP contribution in [-0.2, 0) is 10.1 Å². The normalized spacial score (nSPS) is 7.23.